The van der Waals surface area contributed by atoms with Gasteiger partial charge in [0.05, 0.1) is 17.6 Å². The molecule has 0 aliphatic heterocycles. The first-order valence-electron chi connectivity index (χ1n) is 7.78. The number of nitrogen functional groups attached to an aromatic ring is 1. The van der Waals surface area contributed by atoms with Gasteiger partial charge in [0.2, 0.25) is 0 Å². The lowest BCUT2D eigenvalue weighted by Crippen LogP contribution is -2.30. The standard InChI is InChI=1S/C18H18F3N3O/c1-18(2,25-16-6-3-11(20)9-13(16)21)17-23-14-10-12(22)4-5-15(14)24(17)8-7-19/h3-6,9-10H,7-8,22H2,1-2H3. The molecule has 0 fully saturated rings. The molecule has 0 spiro atoms. The molecule has 3 aromatic rings. The molecule has 7 heteroatoms. The van der Waals surface area contributed by atoms with Gasteiger partial charge in [-0.15, -0.1) is 0 Å². The van der Waals surface area contributed by atoms with Crippen molar-refractivity contribution < 1.29 is 17.9 Å². The number of halogens is 3. The molecule has 3 rings (SSSR count). The molecule has 2 aromatic carbocycles. The first-order valence-corrected chi connectivity index (χ1v) is 7.78. The highest BCUT2D eigenvalue weighted by molar-refractivity contribution is 5.79. The molecule has 0 saturated carbocycles. The minimum Gasteiger partial charge on any atom is -0.477 e. The van der Waals surface area contributed by atoms with Crippen LogP contribution in [0.5, 0.6) is 5.75 Å². The molecule has 25 heavy (non-hydrogen) atoms. The molecule has 0 aliphatic rings. The van der Waals surface area contributed by atoms with Gasteiger partial charge in [-0.3, -0.25) is 0 Å². The summed E-state index contributed by atoms with van der Waals surface area (Å²) < 4.78 is 47.5. The van der Waals surface area contributed by atoms with Crippen molar-refractivity contribution in [3.8, 4) is 5.75 Å². The van der Waals surface area contributed by atoms with E-state index in [-0.39, 0.29) is 12.3 Å². The number of fused-ring (bicyclic) bond motifs is 1. The van der Waals surface area contributed by atoms with Crippen LogP contribution >= 0.6 is 0 Å². The van der Waals surface area contributed by atoms with Gasteiger partial charge in [-0.2, -0.15) is 0 Å². The highest BCUT2D eigenvalue weighted by atomic mass is 19.1. The summed E-state index contributed by atoms with van der Waals surface area (Å²) in [6.07, 6.45) is 0. The Bertz CT molecular complexity index is 921. The van der Waals surface area contributed by atoms with E-state index in [4.69, 9.17) is 10.5 Å². The van der Waals surface area contributed by atoms with E-state index in [0.717, 1.165) is 12.1 Å². The third-order valence-electron chi connectivity index (χ3n) is 3.88. The number of nitrogens with zero attached hydrogens (tertiary/aromatic N) is 2. The minimum absolute atomic E-state index is 0.0778. The maximum absolute atomic E-state index is 13.9. The van der Waals surface area contributed by atoms with Crippen molar-refractivity contribution in [2.45, 2.75) is 26.0 Å². The molecule has 0 amide bonds. The Labute approximate surface area is 143 Å². The number of hydrogen-bond donors (Lipinski definition) is 1. The van der Waals surface area contributed by atoms with E-state index in [0.29, 0.717) is 22.5 Å². The second-order valence-corrected chi connectivity index (χ2v) is 6.21. The summed E-state index contributed by atoms with van der Waals surface area (Å²) in [7, 11) is 0. The van der Waals surface area contributed by atoms with E-state index < -0.39 is 23.9 Å². The Morgan fingerprint density at radius 2 is 1.92 bits per heavy atom. The van der Waals surface area contributed by atoms with Crippen LogP contribution in [0.25, 0.3) is 11.0 Å². The normalized spacial score (nSPS) is 11.9. The van der Waals surface area contributed by atoms with Crippen LogP contribution in [0.15, 0.2) is 36.4 Å². The number of imidazole rings is 1. The Kier molecular flexibility index (Phi) is 4.32. The topological polar surface area (TPSA) is 53.1 Å². The van der Waals surface area contributed by atoms with Crippen LogP contribution in [0.3, 0.4) is 0 Å². The number of nitrogens with two attached hydrogens (primary N) is 1. The molecule has 0 radical (unpaired) electrons. The molecule has 132 valence electrons. The third-order valence-corrected chi connectivity index (χ3v) is 3.88. The number of benzene rings is 2. The lowest BCUT2D eigenvalue weighted by molar-refractivity contribution is 0.0885. The molecule has 4 nitrogen and oxygen atoms in total. The van der Waals surface area contributed by atoms with Gasteiger partial charge in [0.15, 0.2) is 23.0 Å². The highest BCUT2D eigenvalue weighted by Crippen LogP contribution is 2.32. The molecular weight excluding hydrogens is 331 g/mol. The van der Waals surface area contributed by atoms with E-state index in [1.165, 1.54) is 6.07 Å². The average Bonchev–Trinajstić information content (AvgIpc) is 2.89. The zero-order chi connectivity index (χ0) is 18.2. The summed E-state index contributed by atoms with van der Waals surface area (Å²) in [5.41, 5.74) is 6.54. The predicted molar refractivity (Wildman–Crippen MR) is 90.1 cm³/mol. The maximum Gasteiger partial charge on any atom is 0.168 e. The maximum atomic E-state index is 13.9. The van der Waals surface area contributed by atoms with Crippen LogP contribution < -0.4 is 10.5 Å². The highest BCUT2D eigenvalue weighted by Gasteiger charge is 2.31. The predicted octanol–water partition coefficient (Wildman–Crippen LogP) is 4.18. The summed E-state index contributed by atoms with van der Waals surface area (Å²) in [6.45, 7) is 2.86. The van der Waals surface area contributed by atoms with Crippen molar-refractivity contribution in [2.24, 2.45) is 0 Å². The van der Waals surface area contributed by atoms with Crippen molar-refractivity contribution in [2.75, 3.05) is 12.4 Å². The van der Waals surface area contributed by atoms with Crippen LogP contribution in [-0.4, -0.2) is 16.2 Å². The van der Waals surface area contributed by atoms with E-state index in [1.807, 2.05) is 0 Å². The van der Waals surface area contributed by atoms with E-state index in [2.05, 4.69) is 4.98 Å². The van der Waals surface area contributed by atoms with Crippen molar-refractivity contribution in [1.29, 1.82) is 0 Å². The Hall–Kier alpha value is -2.70. The van der Waals surface area contributed by atoms with Gasteiger partial charge in [0.25, 0.3) is 0 Å². The number of aromatic nitrogens is 2. The van der Waals surface area contributed by atoms with Crippen molar-refractivity contribution in [3.05, 3.63) is 53.9 Å². The zero-order valence-electron chi connectivity index (χ0n) is 13.9. The van der Waals surface area contributed by atoms with Gasteiger partial charge in [-0.1, -0.05) is 0 Å². The van der Waals surface area contributed by atoms with Gasteiger partial charge in [0.1, 0.15) is 12.5 Å². The molecule has 0 unspecified atom stereocenters. The fourth-order valence-electron chi connectivity index (χ4n) is 2.80. The molecule has 0 bridgehead atoms. The second-order valence-electron chi connectivity index (χ2n) is 6.21. The summed E-state index contributed by atoms with van der Waals surface area (Å²) in [6, 6.07) is 8.21. The van der Waals surface area contributed by atoms with Crippen molar-refractivity contribution in [1.82, 2.24) is 9.55 Å². The van der Waals surface area contributed by atoms with Gasteiger partial charge in [-0.25, -0.2) is 18.2 Å². The Morgan fingerprint density at radius 3 is 2.60 bits per heavy atom. The molecule has 1 aromatic heterocycles. The smallest absolute Gasteiger partial charge is 0.168 e. The number of rotatable bonds is 5. The summed E-state index contributed by atoms with van der Waals surface area (Å²) in [5, 5.41) is 0. The van der Waals surface area contributed by atoms with E-state index in [1.54, 1.807) is 36.6 Å². The molecule has 0 saturated heterocycles. The van der Waals surface area contributed by atoms with Crippen LogP contribution in [0.4, 0.5) is 18.9 Å². The molecule has 2 N–H and O–H groups in total. The fraction of sp³-hybridized carbons (Fsp3) is 0.278. The summed E-state index contributed by atoms with van der Waals surface area (Å²) in [4.78, 5) is 4.50. The molecular formula is C18H18F3N3O. The van der Waals surface area contributed by atoms with Gasteiger partial charge in [-0.05, 0) is 44.2 Å². The van der Waals surface area contributed by atoms with Gasteiger partial charge in [0, 0.05) is 11.8 Å². The van der Waals surface area contributed by atoms with Crippen LogP contribution in [0.1, 0.15) is 19.7 Å². The van der Waals surface area contributed by atoms with E-state index >= 15 is 0 Å². The van der Waals surface area contributed by atoms with E-state index in [9.17, 15) is 13.2 Å². The zero-order valence-corrected chi connectivity index (χ0v) is 13.9. The summed E-state index contributed by atoms with van der Waals surface area (Å²) in [5.74, 6) is -1.19. The largest absolute Gasteiger partial charge is 0.477 e. The lowest BCUT2D eigenvalue weighted by atomic mass is 10.1. The SMILES string of the molecule is CC(C)(Oc1ccc(F)cc1F)c1nc2cc(N)ccc2n1CCF. The average molecular weight is 349 g/mol. The molecule has 1 heterocycles. The van der Waals surface area contributed by atoms with Crippen LogP contribution in [0.2, 0.25) is 0 Å². The summed E-state index contributed by atoms with van der Waals surface area (Å²) >= 11 is 0. The van der Waals surface area contributed by atoms with Gasteiger partial charge < -0.3 is 15.0 Å². The lowest BCUT2D eigenvalue weighted by Gasteiger charge is -2.27. The number of alkyl halides is 1. The van der Waals surface area contributed by atoms with Crippen LogP contribution in [-0.2, 0) is 12.1 Å². The molecule has 0 atom stereocenters. The number of ether oxygens (including phenoxy) is 1. The van der Waals surface area contributed by atoms with Crippen molar-refractivity contribution >= 4 is 16.7 Å². The first-order chi connectivity index (χ1) is 11.8. The minimum atomic E-state index is -1.08. The number of hydrogen-bond acceptors (Lipinski definition) is 3. The molecule has 0 aliphatic carbocycles. The Morgan fingerprint density at radius 1 is 1.16 bits per heavy atom. The van der Waals surface area contributed by atoms with Crippen molar-refractivity contribution in [3.63, 3.8) is 0 Å². The Balaban J connectivity index is 2.07. The second kappa shape index (κ2) is 6.31. The quantitative estimate of drug-likeness (QED) is 0.703. The first kappa shape index (κ1) is 17.1. The fourth-order valence-corrected chi connectivity index (χ4v) is 2.80. The van der Waals surface area contributed by atoms with Crippen LogP contribution in [0, 0.1) is 11.6 Å². The number of anilines is 1. The number of aryl methyl sites for hydroxylation is 1. The monoisotopic (exact) mass is 349 g/mol. The van der Waals surface area contributed by atoms with Gasteiger partial charge >= 0.3 is 0 Å². The third kappa shape index (κ3) is 3.26.